The van der Waals surface area contributed by atoms with Crippen molar-refractivity contribution in [3.8, 4) is 11.5 Å². The number of carbonyl (C=O) groups is 1. The molecule has 9 heteroatoms. The molecule has 1 amide bonds. The van der Waals surface area contributed by atoms with Gasteiger partial charge in [0.25, 0.3) is 0 Å². The molecule has 3 rings (SSSR count). The van der Waals surface area contributed by atoms with E-state index in [0.29, 0.717) is 11.5 Å². The molecule has 0 aliphatic carbocycles. The number of amides is 1. The molecule has 2 aromatic carbocycles. The predicted octanol–water partition coefficient (Wildman–Crippen LogP) is 1.94. The van der Waals surface area contributed by atoms with Crippen LogP contribution in [-0.2, 0) is 14.8 Å². The molecule has 7 nitrogen and oxygen atoms in total. The number of rotatable bonds is 6. The van der Waals surface area contributed by atoms with E-state index in [1.807, 2.05) is 12.1 Å². The zero-order valence-corrected chi connectivity index (χ0v) is 16.3. The number of nitrogens with one attached hydrogen (secondary N) is 1. The van der Waals surface area contributed by atoms with Crippen molar-refractivity contribution in [2.75, 3.05) is 23.7 Å². The molecule has 1 aliphatic rings. The molecule has 0 fully saturated rings. The number of hydrogen-bond donors (Lipinski definition) is 1. The maximum atomic E-state index is 14.1. The number of para-hydroxylation sites is 3. The smallest absolute Gasteiger partial charge is 0.243 e. The van der Waals surface area contributed by atoms with Crippen LogP contribution in [0.5, 0.6) is 11.5 Å². The van der Waals surface area contributed by atoms with Crippen molar-refractivity contribution in [3.05, 3.63) is 54.3 Å². The molecule has 28 heavy (non-hydrogen) atoms. The minimum atomic E-state index is -3.89. The van der Waals surface area contributed by atoms with E-state index < -0.39 is 33.9 Å². The summed E-state index contributed by atoms with van der Waals surface area (Å²) in [5.41, 5.74) is -0.182. The Morgan fingerprint density at radius 2 is 1.86 bits per heavy atom. The lowest BCUT2D eigenvalue weighted by Gasteiger charge is -2.30. The topological polar surface area (TPSA) is 84.9 Å². The van der Waals surface area contributed by atoms with Crippen LogP contribution in [0, 0.1) is 5.82 Å². The molecule has 0 bridgehead atoms. The van der Waals surface area contributed by atoms with Crippen LogP contribution in [0.1, 0.15) is 6.92 Å². The summed E-state index contributed by atoms with van der Waals surface area (Å²) >= 11 is 0. The third-order valence-electron chi connectivity index (χ3n) is 4.25. The molecule has 150 valence electrons. The second kappa shape index (κ2) is 8.05. The van der Waals surface area contributed by atoms with E-state index in [-0.39, 0.29) is 18.8 Å². The molecule has 0 unspecified atom stereocenters. The summed E-state index contributed by atoms with van der Waals surface area (Å²) in [6.07, 6.45) is 0.504. The maximum absolute atomic E-state index is 14.1. The van der Waals surface area contributed by atoms with Gasteiger partial charge in [0.15, 0.2) is 11.5 Å². The molecule has 2 atom stereocenters. The molecule has 2 aromatic rings. The number of benzene rings is 2. The van der Waals surface area contributed by atoms with Crippen LogP contribution in [0.4, 0.5) is 10.1 Å². The lowest BCUT2D eigenvalue weighted by molar-refractivity contribution is -0.122. The zero-order valence-electron chi connectivity index (χ0n) is 15.5. The number of sulfonamides is 1. The second-order valence-electron chi connectivity index (χ2n) is 6.43. The fourth-order valence-electron chi connectivity index (χ4n) is 2.94. The van der Waals surface area contributed by atoms with E-state index in [2.05, 4.69) is 5.32 Å². The van der Waals surface area contributed by atoms with E-state index in [1.54, 1.807) is 12.1 Å². The largest absolute Gasteiger partial charge is 0.486 e. The Morgan fingerprint density at radius 1 is 1.21 bits per heavy atom. The van der Waals surface area contributed by atoms with Crippen molar-refractivity contribution in [2.24, 2.45) is 0 Å². The van der Waals surface area contributed by atoms with Gasteiger partial charge in [0, 0.05) is 0 Å². The van der Waals surface area contributed by atoms with Gasteiger partial charge >= 0.3 is 0 Å². The van der Waals surface area contributed by atoms with Crippen molar-refractivity contribution in [2.45, 2.75) is 19.1 Å². The van der Waals surface area contributed by atoms with Crippen LogP contribution in [0.25, 0.3) is 0 Å². The zero-order chi connectivity index (χ0) is 20.3. The van der Waals surface area contributed by atoms with Gasteiger partial charge in [0.05, 0.1) is 18.5 Å². The lowest BCUT2D eigenvalue weighted by atomic mass is 10.2. The van der Waals surface area contributed by atoms with Gasteiger partial charge in [-0.2, -0.15) is 0 Å². The van der Waals surface area contributed by atoms with Gasteiger partial charge in [-0.25, -0.2) is 12.8 Å². The molecule has 0 saturated carbocycles. The summed E-state index contributed by atoms with van der Waals surface area (Å²) in [6.45, 7) is 1.76. The van der Waals surface area contributed by atoms with E-state index in [0.717, 1.165) is 16.6 Å². The summed E-state index contributed by atoms with van der Waals surface area (Å²) in [5, 5.41) is 2.65. The average Bonchev–Trinajstić information content (AvgIpc) is 2.66. The highest BCUT2D eigenvalue weighted by Crippen LogP contribution is 2.30. The summed E-state index contributed by atoms with van der Waals surface area (Å²) in [4.78, 5) is 12.6. The number of carbonyl (C=O) groups excluding carboxylic acids is 1. The first kappa shape index (κ1) is 19.9. The fourth-order valence-corrected chi connectivity index (χ4v) is 4.11. The van der Waals surface area contributed by atoms with Crippen molar-refractivity contribution in [1.29, 1.82) is 0 Å². The molecule has 0 radical (unpaired) electrons. The summed E-state index contributed by atoms with van der Waals surface area (Å²) in [6, 6.07) is 11.4. The number of ether oxygens (including phenoxy) is 2. The Bertz CT molecular complexity index is 966. The molecule has 1 aliphatic heterocycles. The Kier molecular flexibility index (Phi) is 5.73. The van der Waals surface area contributed by atoms with Gasteiger partial charge in [0.1, 0.15) is 24.6 Å². The van der Waals surface area contributed by atoms with Crippen LogP contribution in [-0.4, -0.2) is 45.9 Å². The molecular formula is C19H21FN2O5S. The Balaban J connectivity index is 1.68. The SMILES string of the molecule is C[C@H](C(=O)NC[C@@H]1COc2ccccc2O1)N(c1ccccc1F)S(C)(=O)=O. The van der Waals surface area contributed by atoms with E-state index in [1.165, 1.54) is 25.1 Å². The van der Waals surface area contributed by atoms with Crippen LogP contribution in [0.2, 0.25) is 0 Å². The predicted molar refractivity (Wildman–Crippen MR) is 103 cm³/mol. The van der Waals surface area contributed by atoms with Crippen molar-refractivity contribution >= 4 is 21.6 Å². The quantitative estimate of drug-likeness (QED) is 0.790. The van der Waals surface area contributed by atoms with E-state index in [4.69, 9.17) is 9.47 Å². The van der Waals surface area contributed by atoms with Gasteiger partial charge < -0.3 is 14.8 Å². The Hall–Kier alpha value is -2.81. The van der Waals surface area contributed by atoms with Crippen molar-refractivity contribution < 1.29 is 27.1 Å². The van der Waals surface area contributed by atoms with Crippen LogP contribution >= 0.6 is 0 Å². The average molecular weight is 408 g/mol. The van der Waals surface area contributed by atoms with Gasteiger partial charge in [-0.05, 0) is 31.2 Å². The van der Waals surface area contributed by atoms with Crippen LogP contribution in [0.15, 0.2) is 48.5 Å². The lowest BCUT2D eigenvalue weighted by Crippen LogP contribution is -2.50. The van der Waals surface area contributed by atoms with E-state index in [9.17, 15) is 17.6 Å². The number of halogens is 1. The Labute approximate surface area is 163 Å². The highest BCUT2D eigenvalue weighted by atomic mass is 32.2. The van der Waals surface area contributed by atoms with Crippen molar-refractivity contribution in [1.82, 2.24) is 5.32 Å². The highest BCUT2D eigenvalue weighted by Gasteiger charge is 2.31. The number of nitrogens with zero attached hydrogens (tertiary/aromatic N) is 1. The minimum absolute atomic E-state index is 0.117. The molecule has 1 heterocycles. The normalized spacial score (nSPS) is 16.9. The monoisotopic (exact) mass is 408 g/mol. The first-order valence-corrected chi connectivity index (χ1v) is 10.5. The summed E-state index contributed by atoms with van der Waals surface area (Å²) in [5.74, 6) is -0.101. The maximum Gasteiger partial charge on any atom is 0.243 e. The molecule has 0 saturated heterocycles. The standard InChI is InChI=1S/C19H21FN2O5S/c1-13(22(28(2,24)25)16-8-4-3-7-15(16)20)19(23)21-11-14-12-26-17-9-5-6-10-18(17)27-14/h3-10,13-14H,11-12H2,1-2H3,(H,21,23)/t13-,14-/m1/s1. The molecule has 1 N–H and O–H groups in total. The van der Waals surface area contributed by atoms with Gasteiger partial charge in [-0.1, -0.05) is 24.3 Å². The fraction of sp³-hybridized carbons (Fsp3) is 0.316. The third kappa shape index (κ3) is 4.36. The van der Waals surface area contributed by atoms with E-state index >= 15 is 0 Å². The van der Waals surface area contributed by atoms with Crippen LogP contribution < -0.4 is 19.1 Å². The molecule has 0 aromatic heterocycles. The summed E-state index contributed by atoms with van der Waals surface area (Å²) < 4.78 is 50.7. The second-order valence-corrected chi connectivity index (χ2v) is 8.29. The first-order chi connectivity index (χ1) is 13.3. The Morgan fingerprint density at radius 3 is 2.54 bits per heavy atom. The van der Waals surface area contributed by atoms with Gasteiger partial charge in [-0.3, -0.25) is 9.10 Å². The number of hydrogen-bond acceptors (Lipinski definition) is 5. The molecule has 0 spiro atoms. The first-order valence-electron chi connectivity index (χ1n) is 8.67. The van der Waals surface area contributed by atoms with Crippen molar-refractivity contribution in [3.63, 3.8) is 0 Å². The van der Waals surface area contributed by atoms with Gasteiger partial charge in [-0.15, -0.1) is 0 Å². The summed E-state index contributed by atoms with van der Waals surface area (Å²) in [7, 11) is -3.89. The number of fused-ring (bicyclic) bond motifs is 1. The number of anilines is 1. The highest BCUT2D eigenvalue weighted by molar-refractivity contribution is 7.92. The molecular weight excluding hydrogens is 387 g/mol. The third-order valence-corrected chi connectivity index (χ3v) is 5.48. The van der Waals surface area contributed by atoms with Gasteiger partial charge in [0.2, 0.25) is 15.9 Å². The van der Waals surface area contributed by atoms with Crippen LogP contribution in [0.3, 0.4) is 0 Å². The minimum Gasteiger partial charge on any atom is -0.486 e.